The fourth-order valence-electron chi connectivity index (χ4n) is 1.68. The van der Waals surface area contributed by atoms with Gasteiger partial charge < -0.3 is 9.11 Å². The van der Waals surface area contributed by atoms with Crippen LogP contribution in [0.1, 0.15) is 0 Å². The number of benzene rings is 2. The summed E-state index contributed by atoms with van der Waals surface area (Å²) in [5, 5.41) is 0.281. The number of fused-ring (bicyclic) bond motifs is 1. The molecule has 6 nitrogen and oxygen atoms in total. The summed E-state index contributed by atoms with van der Waals surface area (Å²) in [7, 11) is -10.1. The van der Waals surface area contributed by atoms with Crippen molar-refractivity contribution in [2.45, 2.75) is 9.79 Å². The van der Waals surface area contributed by atoms with E-state index in [1.54, 1.807) is 6.07 Å². The Kier molecular flexibility index (Phi) is 4.38. The molecule has 0 aliphatic rings. The number of hydrogen-bond donors (Lipinski definition) is 0. The molecule has 0 N–H and O–H groups in total. The summed E-state index contributed by atoms with van der Waals surface area (Å²) in [6.45, 7) is 0. The van der Waals surface area contributed by atoms with Gasteiger partial charge in [-0.2, -0.15) is 0 Å². The van der Waals surface area contributed by atoms with E-state index in [4.69, 9.17) is 0 Å². The van der Waals surface area contributed by atoms with E-state index in [9.17, 15) is 25.9 Å². The molecule has 0 radical (unpaired) electrons. The normalized spacial score (nSPS) is 12.1. The van der Waals surface area contributed by atoms with E-state index >= 15 is 0 Å². The zero-order chi connectivity index (χ0) is 13.6. The minimum atomic E-state index is -5.07. The summed E-state index contributed by atoms with van der Waals surface area (Å²) in [6.07, 6.45) is 0. The third kappa shape index (κ3) is 3.13. The Hall–Kier alpha value is -0.986. The first-order valence-corrected chi connectivity index (χ1v) is 7.46. The Balaban J connectivity index is 0.00000180. The predicted octanol–water partition coefficient (Wildman–Crippen LogP) is 0.646. The summed E-state index contributed by atoms with van der Waals surface area (Å²) < 4.78 is 66.4. The second kappa shape index (κ2) is 5.18. The van der Waals surface area contributed by atoms with E-state index in [-0.39, 0.29) is 21.9 Å². The van der Waals surface area contributed by atoms with Gasteiger partial charge >= 0.3 is 16.5 Å². The number of hydrogen-bond acceptors (Lipinski definition) is 6. The third-order valence-electron chi connectivity index (χ3n) is 2.36. The van der Waals surface area contributed by atoms with Crippen molar-refractivity contribution < 1.29 is 42.4 Å². The molecule has 0 heterocycles. The third-order valence-corrected chi connectivity index (χ3v) is 4.31. The van der Waals surface area contributed by atoms with Crippen molar-refractivity contribution in [3.8, 4) is 0 Å². The van der Waals surface area contributed by atoms with Crippen LogP contribution >= 0.6 is 0 Å². The van der Waals surface area contributed by atoms with Crippen LogP contribution in [0.3, 0.4) is 0 Å². The molecular weight excluding hydrogens is 339 g/mol. The van der Waals surface area contributed by atoms with Gasteiger partial charge in [0.2, 0.25) is 0 Å². The molecule has 0 saturated carbocycles. The largest absolute Gasteiger partial charge is 2.00 e. The molecule has 19 heavy (non-hydrogen) atoms. The molecule has 104 valence electrons. The van der Waals surface area contributed by atoms with Crippen LogP contribution in [-0.4, -0.2) is 25.9 Å². The van der Waals surface area contributed by atoms with Gasteiger partial charge in [-0.3, -0.25) is 0 Å². The molecule has 0 saturated heterocycles. The molecule has 2 rings (SSSR count). The quantitative estimate of drug-likeness (QED) is 0.583. The topological polar surface area (TPSA) is 114 Å². The second-order valence-corrected chi connectivity index (χ2v) is 6.19. The maximum absolute atomic E-state index is 11.2. The maximum Gasteiger partial charge on any atom is 2.00 e. The Bertz CT molecular complexity index is 826. The molecule has 0 fully saturated rings. The van der Waals surface area contributed by atoms with E-state index in [2.05, 4.69) is 0 Å². The Morgan fingerprint density at radius 2 is 1.37 bits per heavy atom. The van der Waals surface area contributed by atoms with Crippen LogP contribution in [0.25, 0.3) is 10.8 Å². The SMILES string of the molecule is O=S(=O)([O-])c1ccc2ccccc2c1S(=O)(=O)[O-].[Ni+2]. The molecule has 2 aromatic rings. The average Bonchev–Trinajstić information content (AvgIpc) is 2.24. The molecule has 2 aromatic carbocycles. The molecule has 0 aliphatic heterocycles. The van der Waals surface area contributed by atoms with Gasteiger partial charge in [-0.05, 0) is 11.5 Å². The Morgan fingerprint density at radius 1 is 0.789 bits per heavy atom. The first-order chi connectivity index (χ1) is 8.21. The van der Waals surface area contributed by atoms with Crippen LogP contribution in [-0.2, 0) is 36.7 Å². The molecule has 0 bridgehead atoms. The Labute approximate surface area is 119 Å². The van der Waals surface area contributed by atoms with Crippen molar-refractivity contribution in [1.82, 2.24) is 0 Å². The summed E-state index contributed by atoms with van der Waals surface area (Å²) in [5.74, 6) is 0. The van der Waals surface area contributed by atoms with Crippen molar-refractivity contribution in [1.29, 1.82) is 0 Å². The summed E-state index contributed by atoms with van der Waals surface area (Å²) in [4.78, 5) is -2.01. The molecule has 0 amide bonds. The van der Waals surface area contributed by atoms with Gasteiger partial charge in [0.1, 0.15) is 20.2 Å². The van der Waals surface area contributed by atoms with E-state index in [0.29, 0.717) is 5.39 Å². The first-order valence-electron chi connectivity index (χ1n) is 4.65. The van der Waals surface area contributed by atoms with Gasteiger partial charge in [-0.15, -0.1) is 0 Å². The van der Waals surface area contributed by atoms with E-state index in [0.717, 1.165) is 6.07 Å². The van der Waals surface area contributed by atoms with E-state index < -0.39 is 30.0 Å². The van der Waals surface area contributed by atoms with Crippen LogP contribution in [0.5, 0.6) is 0 Å². The fraction of sp³-hybridized carbons (Fsp3) is 0. The van der Waals surface area contributed by atoms with E-state index in [1.165, 1.54) is 24.3 Å². The maximum atomic E-state index is 11.2. The van der Waals surface area contributed by atoms with Crippen LogP contribution in [0, 0.1) is 0 Å². The summed E-state index contributed by atoms with van der Waals surface area (Å²) in [6, 6.07) is 7.91. The van der Waals surface area contributed by atoms with Gasteiger partial charge in [0.15, 0.2) is 0 Å². The van der Waals surface area contributed by atoms with Crippen LogP contribution in [0.4, 0.5) is 0 Å². The van der Waals surface area contributed by atoms with Gasteiger partial charge in [0, 0.05) is 5.39 Å². The van der Waals surface area contributed by atoms with Gasteiger partial charge in [-0.1, -0.05) is 30.3 Å². The zero-order valence-electron chi connectivity index (χ0n) is 9.05. The van der Waals surface area contributed by atoms with Crippen molar-refractivity contribution in [2.75, 3.05) is 0 Å². The molecule has 0 aromatic heterocycles. The minimum absolute atomic E-state index is 0. The van der Waals surface area contributed by atoms with Crippen LogP contribution in [0.15, 0.2) is 46.2 Å². The fourth-order valence-corrected chi connectivity index (χ4v) is 3.63. The van der Waals surface area contributed by atoms with Crippen molar-refractivity contribution in [2.24, 2.45) is 0 Å². The van der Waals surface area contributed by atoms with Gasteiger partial charge in [0.25, 0.3) is 0 Å². The molecule has 0 unspecified atom stereocenters. The summed E-state index contributed by atoms with van der Waals surface area (Å²) in [5.41, 5.74) is 0. The smallest absolute Gasteiger partial charge is 0.744 e. The van der Waals surface area contributed by atoms with E-state index in [1.807, 2.05) is 0 Å². The molecule has 0 atom stereocenters. The Morgan fingerprint density at radius 3 is 1.89 bits per heavy atom. The van der Waals surface area contributed by atoms with Gasteiger partial charge in [0.05, 0.1) is 9.79 Å². The molecule has 0 spiro atoms. The van der Waals surface area contributed by atoms with Crippen molar-refractivity contribution in [3.63, 3.8) is 0 Å². The second-order valence-electron chi connectivity index (χ2n) is 3.52. The zero-order valence-corrected chi connectivity index (χ0v) is 11.7. The van der Waals surface area contributed by atoms with Crippen molar-refractivity contribution >= 4 is 31.0 Å². The number of rotatable bonds is 2. The van der Waals surface area contributed by atoms with Crippen molar-refractivity contribution in [3.05, 3.63) is 36.4 Å². The molecule has 0 aliphatic carbocycles. The minimum Gasteiger partial charge on any atom is -0.744 e. The standard InChI is InChI=1S/C10H8O6S2.Ni/c11-17(12,13)9-6-5-7-3-1-2-4-8(7)10(9)18(14,15)16;/h1-6H,(H,11,12,13)(H,14,15,16);/q;+2/p-2. The molecular formula is C10H6NiO6S2. The summed E-state index contributed by atoms with van der Waals surface area (Å²) >= 11 is 0. The molecule has 9 heteroatoms. The predicted molar refractivity (Wildman–Crippen MR) is 59.9 cm³/mol. The average molecular weight is 345 g/mol. The van der Waals surface area contributed by atoms with Gasteiger partial charge in [-0.25, -0.2) is 16.8 Å². The van der Waals surface area contributed by atoms with Crippen LogP contribution < -0.4 is 0 Å². The first kappa shape index (κ1) is 16.1. The monoisotopic (exact) mass is 344 g/mol. The van der Waals surface area contributed by atoms with Crippen LogP contribution in [0.2, 0.25) is 0 Å².